The number of hydrogen-bond acceptors (Lipinski definition) is 3. The summed E-state index contributed by atoms with van der Waals surface area (Å²) in [5.74, 6) is 1.28. The maximum Gasteiger partial charge on any atom is 0.219 e. The van der Waals surface area contributed by atoms with E-state index in [1.165, 1.54) is 16.7 Å². The van der Waals surface area contributed by atoms with Gasteiger partial charge in [0.05, 0.1) is 6.61 Å². The molecule has 4 heteroatoms. The molecule has 1 atom stereocenters. The van der Waals surface area contributed by atoms with Crippen molar-refractivity contribution in [3.05, 3.63) is 28.8 Å². The number of benzene rings is 1. The van der Waals surface area contributed by atoms with Gasteiger partial charge in [-0.2, -0.15) is 0 Å². The van der Waals surface area contributed by atoms with Crippen molar-refractivity contribution in [2.45, 2.75) is 39.7 Å². The predicted molar refractivity (Wildman–Crippen MR) is 87.2 cm³/mol. The summed E-state index contributed by atoms with van der Waals surface area (Å²) in [5.41, 5.74) is 3.88. The molecule has 1 aromatic carbocycles. The van der Waals surface area contributed by atoms with E-state index in [0.29, 0.717) is 6.04 Å². The SMILES string of the molecule is CC(=O)N1CCN(C2CCCOc3c(C)cc(C)cc32)CC1. The number of piperazine rings is 1. The van der Waals surface area contributed by atoms with Crippen molar-refractivity contribution in [2.24, 2.45) is 0 Å². The third-order valence-electron chi connectivity index (χ3n) is 4.88. The van der Waals surface area contributed by atoms with Crippen LogP contribution in [0.4, 0.5) is 0 Å². The van der Waals surface area contributed by atoms with E-state index in [1.54, 1.807) is 6.92 Å². The fourth-order valence-electron chi connectivity index (χ4n) is 3.77. The summed E-state index contributed by atoms with van der Waals surface area (Å²) in [6.45, 7) is 10.4. The summed E-state index contributed by atoms with van der Waals surface area (Å²) in [6.07, 6.45) is 2.22. The van der Waals surface area contributed by atoms with E-state index in [2.05, 4.69) is 30.9 Å². The van der Waals surface area contributed by atoms with Crippen LogP contribution >= 0.6 is 0 Å². The minimum Gasteiger partial charge on any atom is -0.493 e. The number of carbonyl (C=O) groups is 1. The Labute approximate surface area is 133 Å². The first-order chi connectivity index (χ1) is 10.6. The van der Waals surface area contributed by atoms with Crippen molar-refractivity contribution >= 4 is 5.91 Å². The summed E-state index contributed by atoms with van der Waals surface area (Å²) in [6, 6.07) is 4.91. The first-order valence-corrected chi connectivity index (χ1v) is 8.30. The summed E-state index contributed by atoms with van der Waals surface area (Å²) in [4.78, 5) is 16.0. The average Bonchev–Trinajstić information content (AvgIpc) is 2.70. The highest BCUT2D eigenvalue weighted by Crippen LogP contribution is 2.38. The fraction of sp³-hybridized carbons (Fsp3) is 0.611. The van der Waals surface area contributed by atoms with Crippen molar-refractivity contribution in [2.75, 3.05) is 32.8 Å². The fourth-order valence-corrected chi connectivity index (χ4v) is 3.77. The summed E-state index contributed by atoms with van der Waals surface area (Å²) in [5, 5.41) is 0. The minimum atomic E-state index is 0.191. The molecular formula is C18H26N2O2. The van der Waals surface area contributed by atoms with Crippen LogP contribution in [0.15, 0.2) is 12.1 Å². The maximum atomic E-state index is 11.5. The largest absolute Gasteiger partial charge is 0.493 e. The van der Waals surface area contributed by atoms with Gasteiger partial charge in [-0.3, -0.25) is 9.69 Å². The van der Waals surface area contributed by atoms with Crippen LogP contribution in [0.25, 0.3) is 0 Å². The van der Waals surface area contributed by atoms with E-state index in [9.17, 15) is 4.79 Å². The molecule has 0 radical (unpaired) electrons. The molecule has 0 aliphatic carbocycles. The lowest BCUT2D eigenvalue weighted by atomic mass is 9.95. The number of nitrogens with zero attached hydrogens (tertiary/aromatic N) is 2. The Morgan fingerprint density at radius 3 is 2.59 bits per heavy atom. The van der Waals surface area contributed by atoms with Crippen molar-refractivity contribution in [3.8, 4) is 5.75 Å². The summed E-state index contributed by atoms with van der Waals surface area (Å²) in [7, 11) is 0. The lowest BCUT2D eigenvalue weighted by Gasteiger charge is -2.39. The Bertz CT molecular complexity index is 562. The molecule has 1 unspecified atom stereocenters. The molecule has 0 saturated carbocycles. The molecule has 1 amide bonds. The van der Waals surface area contributed by atoms with Crippen molar-refractivity contribution < 1.29 is 9.53 Å². The monoisotopic (exact) mass is 302 g/mol. The minimum absolute atomic E-state index is 0.191. The van der Waals surface area contributed by atoms with Gasteiger partial charge in [0.15, 0.2) is 0 Å². The molecule has 22 heavy (non-hydrogen) atoms. The van der Waals surface area contributed by atoms with Crippen molar-refractivity contribution in [3.63, 3.8) is 0 Å². The topological polar surface area (TPSA) is 32.8 Å². The van der Waals surface area contributed by atoms with Gasteiger partial charge in [0.2, 0.25) is 5.91 Å². The molecule has 2 aliphatic heterocycles. The Kier molecular flexibility index (Phi) is 4.39. The van der Waals surface area contributed by atoms with E-state index in [1.807, 2.05) is 4.90 Å². The molecule has 2 heterocycles. The molecule has 120 valence electrons. The highest BCUT2D eigenvalue weighted by Gasteiger charge is 2.29. The van der Waals surface area contributed by atoms with Gasteiger partial charge in [0.25, 0.3) is 0 Å². The van der Waals surface area contributed by atoms with Crippen LogP contribution in [-0.2, 0) is 4.79 Å². The molecule has 3 rings (SSSR count). The second-order valence-electron chi connectivity index (χ2n) is 6.55. The van der Waals surface area contributed by atoms with Gasteiger partial charge in [-0.25, -0.2) is 0 Å². The molecule has 0 spiro atoms. The van der Waals surface area contributed by atoms with E-state index in [0.717, 1.165) is 51.4 Å². The van der Waals surface area contributed by atoms with Crippen LogP contribution in [0.5, 0.6) is 5.75 Å². The van der Waals surface area contributed by atoms with E-state index in [-0.39, 0.29) is 5.91 Å². The number of fused-ring (bicyclic) bond motifs is 1. The zero-order valence-electron chi connectivity index (χ0n) is 13.9. The smallest absolute Gasteiger partial charge is 0.219 e. The van der Waals surface area contributed by atoms with Crippen LogP contribution < -0.4 is 4.74 Å². The second kappa shape index (κ2) is 6.29. The highest BCUT2D eigenvalue weighted by atomic mass is 16.5. The number of aryl methyl sites for hydroxylation is 2. The molecule has 1 aromatic rings. The Balaban J connectivity index is 1.85. The van der Waals surface area contributed by atoms with E-state index >= 15 is 0 Å². The van der Waals surface area contributed by atoms with Crippen LogP contribution in [0.3, 0.4) is 0 Å². The van der Waals surface area contributed by atoms with Crippen molar-refractivity contribution in [1.29, 1.82) is 0 Å². The molecule has 0 bridgehead atoms. The first-order valence-electron chi connectivity index (χ1n) is 8.30. The number of ether oxygens (including phenoxy) is 1. The van der Waals surface area contributed by atoms with E-state index in [4.69, 9.17) is 4.74 Å². The molecule has 2 aliphatic rings. The Hall–Kier alpha value is -1.55. The summed E-state index contributed by atoms with van der Waals surface area (Å²) < 4.78 is 6.02. The van der Waals surface area contributed by atoms with Crippen LogP contribution in [0.1, 0.15) is 42.5 Å². The number of hydrogen-bond donors (Lipinski definition) is 0. The molecule has 4 nitrogen and oxygen atoms in total. The first kappa shape index (κ1) is 15.3. The average molecular weight is 302 g/mol. The summed E-state index contributed by atoms with van der Waals surface area (Å²) >= 11 is 0. The number of rotatable bonds is 1. The lowest BCUT2D eigenvalue weighted by Crippen LogP contribution is -2.49. The van der Waals surface area contributed by atoms with Crippen LogP contribution in [0.2, 0.25) is 0 Å². The predicted octanol–water partition coefficient (Wildman–Crippen LogP) is 2.68. The van der Waals surface area contributed by atoms with Gasteiger partial charge in [0, 0.05) is 44.7 Å². The lowest BCUT2D eigenvalue weighted by molar-refractivity contribution is -0.130. The third kappa shape index (κ3) is 2.98. The van der Waals surface area contributed by atoms with Gasteiger partial charge in [0.1, 0.15) is 5.75 Å². The van der Waals surface area contributed by atoms with Gasteiger partial charge in [-0.05, 0) is 32.3 Å². The van der Waals surface area contributed by atoms with E-state index < -0.39 is 0 Å². The number of carbonyl (C=O) groups excluding carboxylic acids is 1. The quantitative estimate of drug-likeness (QED) is 0.799. The standard InChI is InChI=1S/C18H26N2O2/c1-13-11-14(2)18-16(12-13)17(5-4-10-22-18)20-8-6-19(7-9-20)15(3)21/h11-12,17H,4-10H2,1-3H3. The second-order valence-corrected chi connectivity index (χ2v) is 6.55. The molecule has 1 fully saturated rings. The van der Waals surface area contributed by atoms with Gasteiger partial charge < -0.3 is 9.64 Å². The highest BCUT2D eigenvalue weighted by molar-refractivity contribution is 5.73. The molecule has 0 aromatic heterocycles. The van der Waals surface area contributed by atoms with Gasteiger partial charge >= 0.3 is 0 Å². The number of amides is 1. The maximum absolute atomic E-state index is 11.5. The Morgan fingerprint density at radius 2 is 1.91 bits per heavy atom. The zero-order chi connectivity index (χ0) is 15.7. The zero-order valence-corrected chi connectivity index (χ0v) is 13.9. The Morgan fingerprint density at radius 1 is 1.18 bits per heavy atom. The van der Waals surface area contributed by atoms with Gasteiger partial charge in [-0.1, -0.05) is 17.7 Å². The molecule has 0 N–H and O–H groups in total. The third-order valence-corrected chi connectivity index (χ3v) is 4.88. The normalized spacial score (nSPS) is 22.7. The van der Waals surface area contributed by atoms with Crippen LogP contribution in [-0.4, -0.2) is 48.5 Å². The van der Waals surface area contributed by atoms with Crippen LogP contribution in [0, 0.1) is 13.8 Å². The van der Waals surface area contributed by atoms with Crippen molar-refractivity contribution in [1.82, 2.24) is 9.80 Å². The molecule has 1 saturated heterocycles. The molecular weight excluding hydrogens is 276 g/mol. The van der Waals surface area contributed by atoms with Gasteiger partial charge in [-0.15, -0.1) is 0 Å².